The molecule has 1 unspecified atom stereocenters. The second kappa shape index (κ2) is 3.65. The van der Waals surface area contributed by atoms with E-state index in [2.05, 4.69) is 4.98 Å². The zero-order valence-electron chi connectivity index (χ0n) is 7.20. The van der Waals surface area contributed by atoms with Gasteiger partial charge in [-0.25, -0.2) is 0 Å². The Bertz CT molecular complexity index is 234. The van der Waals surface area contributed by atoms with E-state index < -0.39 is 5.72 Å². The summed E-state index contributed by atoms with van der Waals surface area (Å²) in [4.78, 5) is 3.89. The Morgan fingerprint density at radius 1 is 1.67 bits per heavy atom. The van der Waals surface area contributed by atoms with Crippen LogP contribution in [0.1, 0.15) is 25.3 Å². The number of hydrogen-bond acceptors (Lipinski definition) is 3. The summed E-state index contributed by atoms with van der Waals surface area (Å²) in [5.74, 6) is 0. The minimum atomic E-state index is -1.22. The molecule has 66 valence electrons. The first-order valence-electron chi connectivity index (χ1n) is 4.08. The van der Waals surface area contributed by atoms with Crippen LogP contribution >= 0.6 is 0 Å². The van der Waals surface area contributed by atoms with Gasteiger partial charge in [-0.15, -0.1) is 0 Å². The monoisotopic (exact) mass is 166 g/mol. The quantitative estimate of drug-likeness (QED) is 0.658. The van der Waals surface area contributed by atoms with Gasteiger partial charge < -0.3 is 5.11 Å². The first kappa shape index (κ1) is 9.16. The Balaban J connectivity index is 2.82. The fourth-order valence-corrected chi connectivity index (χ4v) is 1.14. The van der Waals surface area contributed by atoms with Crippen molar-refractivity contribution in [3.63, 3.8) is 0 Å². The van der Waals surface area contributed by atoms with E-state index in [0.717, 1.165) is 6.42 Å². The van der Waals surface area contributed by atoms with Crippen molar-refractivity contribution >= 4 is 0 Å². The Kier molecular flexibility index (Phi) is 2.78. The first-order valence-corrected chi connectivity index (χ1v) is 4.08. The third-order valence-electron chi connectivity index (χ3n) is 1.79. The molecule has 0 amide bonds. The van der Waals surface area contributed by atoms with Crippen LogP contribution in [-0.4, -0.2) is 10.1 Å². The number of nitrogens with two attached hydrogens (primary N) is 1. The van der Waals surface area contributed by atoms with Gasteiger partial charge >= 0.3 is 0 Å². The number of aliphatic hydroxyl groups is 1. The van der Waals surface area contributed by atoms with Crippen LogP contribution in [0.4, 0.5) is 0 Å². The van der Waals surface area contributed by atoms with Gasteiger partial charge in [-0.05, 0) is 12.5 Å². The minimum absolute atomic E-state index is 0.554. The molecule has 0 saturated heterocycles. The lowest BCUT2D eigenvalue weighted by Crippen LogP contribution is -2.36. The van der Waals surface area contributed by atoms with Gasteiger partial charge in [0, 0.05) is 18.0 Å². The van der Waals surface area contributed by atoms with Crippen LogP contribution in [0.3, 0.4) is 0 Å². The maximum Gasteiger partial charge on any atom is 0.141 e. The lowest BCUT2D eigenvalue weighted by atomic mass is 10.0. The van der Waals surface area contributed by atoms with Gasteiger partial charge in [-0.1, -0.05) is 19.4 Å². The highest BCUT2D eigenvalue weighted by Crippen LogP contribution is 2.18. The molecule has 0 spiro atoms. The highest BCUT2D eigenvalue weighted by atomic mass is 16.3. The number of hydrogen-bond donors (Lipinski definition) is 2. The van der Waals surface area contributed by atoms with E-state index in [0.29, 0.717) is 12.0 Å². The lowest BCUT2D eigenvalue weighted by molar-refractivity contribution is 0.0332. The predicted molar refractivity (Wildman–Crippen MR) is 47.2 cm³/mol. The summed E-state index contributed by atoms with van der Waals surface area (Å²) in [7, 11) is 0. The second-order valence-corrected chi connectivity index (χ2v) is 2.92. The summed E-state index contributed by atoms with van der Waals surface area (Å²) < 4.78 is 0. The molecule has 0 aliphatic heterocycles. The fourth-order valence-electron chi connectivity index (χ4n) is 1.14. The van der Waals surface area contributed by atoms with Crippen LogP contribution < -0.4 is 5.73 Å². The number of rotatable bonds is 3. The number of pyridine rings is 1. The molecule has 0 aliphatic carbocycles. The standard InChI is InChI=1S/C9H14N2O/c1-2-5-9(10,12)8-4-3-6-11-7-8/h3-4,6-7,12H,2,5,10H2,1H3. The largest absolute Gasteiger partial charge is 0.372 e. The third kappa shape index (κ3) is 2.03. The third-order valence-corrected chi connectivity index (χ3v) is 1.79. The van der Waals surface area contributed by atoms with E-state index in [4.69, 9.17) is 5.73 Å². The summed E-state index contributed by atoms with van der Waals surface area (Å²) in [6.45, 7) is 1.98. The predicted octanol–water partition coefficient (Wildman–Crippen LogP) is 0.986. The van der Waals surface area contributed by atoms with Crippen molar-refractivity contribution in [1.29, 1.82) is 0 Å². The van der Waals surface area contributed by atoms with Crippen LogP contribution in [0.25, 0.3) is 0 Å². The molecule has 3 heteroatoms. The maximum atomic E-state index is 9.72. The van der Waals surface area contributed by atoms with E-state index in [1.165, 1.54) is 0 Å². The van der Waals surface area contributed by atoms with Crippen molar-refractivity contribution in [3.8, 4) is 0 Å². The van der Waals surface area contributed by atoms with Crippen LogP contribution in [0.15, 0.2) is 24.5 Å². The molecule has 3 nitrogen and oxygen atoms in total. The van der Waals surface area contributed by atoms with Crippen LogP contribution in [-0.2, 0) is 5.72 Å². The summed E-state index contributed by atoms with van der Waals surface area (Å²) in [5, 5.41) is 9.72. The molecule has 1 rings (SSSR count). The summed E-state index contributed by atoms with van der Waals surface area (Å²) in [6, 6.07) is 3.55. The van der Waals surface area contributed by atoms with Crippen molar-refractivity contribution in [2.45, 2.75) is 25.5 Å². The van der Waals surface area contributed by atoms with Gasteiger partial charge in [0.15, 0.2) is 0 Å². The molecular formula is C9H14N2O. The second-order valence-electron chi connectivity index (χ2n) is 2.92. The molecule has 1 atom stereocenters. The Morgan fingerprint density at radius 3 is 2.92 bits per heavy atom. The molecule has 0 fully saturated rings. The van der Waals surface area contributed by atoms with Crippen molar-refractivity contribution in [1.82, 2.24) is 4.98 Å². The van der Waals surface area contributed by atoms with Crippen molar-refractivity contribution in [2.24, 2.45) is 5.73 Å². The molecule has 0 aliphatic rings. The van der Waals surface area contributed by atoms with Gasteiger partial charge in [0.05, 0.1) is 0 Å². The van der Waals surface area contributed by atoms with Crippen LogP contribution in [0, 0.1) is 0 Å². The fraction of sp³-hybridized carbons (Fsp3) is 0.444. The maximum absolute atomic E-state index is 9.72. The summed E-state index contributed by atoms with van der Waals surface area (Å²) in [5.41, 5.74) is 5.12. The number of nitrogens with zero attached hydrogens (tertiary/aromatic N) is 1. The average molecular weight is 166 g/mol. The zero-order chi connectivity index (χ0) is 9.03. The molecule has 1 aromatic heterocycles. The van der Waals surface area contributed by atoms with Crippen molar-refractivity contribution in [3.05, 3.63) is 30.1 Å². The van der Waals surface area contributed by atoms with Crippen molar-refractivity contribution < 1.29 is 5.11 Å². The van der Waals surface area contributed by atoms with E-state index >= 15 is 0 Å². The molecule has 0 saturated carbocycles. The van der Waals surface area contributed by atoms with Gasteiger partial charge in [0.1, 0.15) is 5.72 Å². The molecule has 3 N–H and O–H groups in total. The molecule has 0 radical (unpaired) electrons. The van der Waals surface area contributed by atoms with E-state index in [1.54, 1.807) is 24.5 Å². The Hall–Kier alpha value is -0.930. The lowest BCUT2D eigenvalue weighted by Gasteiger charge is -2.22. The summed E-state index contributed by atoms with van der Waals surface area (Å²) in [6.07, 6.45) is 4.65. The van der Waals surface area contributed by atoms with Crippen LogP contribution in [0.5, 0.6) is 0 Å². The van der Waals surface area contributed by atoms with Gasteiger partial charge in [0.25, 0.3) is 0 Å². The molecule has 1 aromatic rings. The number of aromatic nitrogens is 1. The average Bonchev–Trinajstić information content (AvgIpc) is 2.06. The summed E-state index contributed by atoms with van der Waals surface area (Å²) >= 11 is 0. The molecule has 0 bridgehead atoms. The zero-order valence-corrected chi connectivity index (χ0v) is 7.20. The molecule has 0 aromatic carbocycles. The minimum Gasteiger partial charge on any atom is -0.372 e. The van der Waals surface area contributed by atoms with E-state index in [9.17, 15) is 5.11 Å². The van der Waals surface area contributed by atoms with Gasteiger partial charge in [-0.3, -0.25) is 10.7 Å². The Morgan fingerprint density at radius 2 is 2.42 bits per heavy atom. The molecule has 1 heterocycles. The molecular weight excluding hydrogens is 152 g/mol. The Labute approximate surface area is 72.2 Å². The SMILES string of the molecule is CCCC(N)(O)c1cccnc1. The topological polar surface area (TPSA) is 59.1 Å². The van der Waals surface area contributed by atoms with Gasteiger partial charge in [0.2, 0.25) is 0 Å². The normalized spacial score (nSPS) is 15.6. The van der Waals surface area contributed by atoms with Crippen molar-refractivity contribution in [2.75, 3.05) is 0 Å². The first-order chi connectivity index (χ1) is 5.67. The molecule has 12 heavy (non-hydrogen) atoms. The smallest absolute Gasteiger partial charge is 0.141 e. The highest BCUT2D eigenvalue weighted by molar-refractivity contribution is 5.15. The van der Waals surface area contributed by atoms with Crippen LogP contribution in [0.2, 0.25) is 0 Å². The van der Waals surface area contributed by atoms with E-state index in [1.807, 2.05) is 6.92 Å². The van der Waals surface area contributed by atoms with Gasteiger partial charge in [-0.2, -0.15) is 0 Å². The highest BCUT2D eigenvalue weighted by Gasteiger charge is 2.21. The van der Waals surface area contributed by atoms with E-state index in [-0.39, 0.29) is 0 Å².